The smallest absolute Gasteiger partial charge is 0.0199 e. The van der Waals surface area contributed by atoms with E-state index in [1.54, 1.807) is 0 Å². The number of aryl methyl sites for hydroxylation is 1. The number of rotatable bonds is 3. The Morgan fingerprint density at radius 2 is 1.92 bits per heavy atom. The SMILES string of the molecule is CC/C=C(/CC)c1ccccc1C. The minimum absolute atomic E-state index is 1.12. The highest BCUT2D eigenvalue weighted by atomic mass is 14.1. The third-order valence-electron chi connectivity index (χ3n) is 2.32. The molecule has 1 aromatic rings. The molecule has 0 aliphatic carbocycles. The molecule has 70 valence electrons. The van der Waals surface area contributed by atoms with Crippen molar-refractivity contribution in [2.24, 2.45) is 0 Å². The van der Waals surface area contributed by atoms with Gasteiger partial charge in [0.1, 0.15) is 0 Å². The lowest BCUT2D eigenvalue weighted by atomic mass is 9.98. The van der Waals surface area contributed by atoms with E-state index in [9.17, 15) is 0 Å². The molecular weight excluding hydrogens is 156 g/mol. The Morgan fingerprint density at radius 3 is 2.46 bits per heavy atom. The van der Waals surface area contributed by atoms with Crippen molar-refractivity contribution in [3.63, 3.8) is 0 Å². The van der Waals surface area contributed by atoms with E-state index in [1.807, 2.05) is 0 Å². The van der Waals surface area contributed by atoms with Crippen LogP contribution in [0.15, 0.2) is 30.3 Å². The summed E-state index contributed by atoms with van der Waals surface area (Å²) in [6.45, 7) is 6.58. The van der Waals surface area contributed by atoms with Gasteiger partial charge in [0.15, 0.2) is 0 Å². The van der Waals surface area contributed by atoms with E-state index in [1.165, 1.54) is 16.7 Å². The summed E-state index contributed by atoms with van der Waals surface area (Å²) >= 11 is 0. The fourth-order valence-electron chi connectivity index (χ4n) is 1.62. The number of benzene rings is 1. The van der Waals surface area contributed by atoms with E-state index < -0.39 is 0 Å². The normalized spacial score (nSPS) is 11.8. The van der Waals surface area contributed by atoms with Crippen LogP contribution in [0, 0.1) is 6.92 Å². The predicted molar refractivity (Wildman–Crippen MR) is 59.7 cm³/mol. The molecule has 0 aliphatic rings. The molecule has 0 spiro atoms. The molecule has 0 saturated heterocycles. The fourth-order valence-corrected chi connectivity index (χ4v) is 1.62. The minimum atomic E-state index is 1.12. The molecule has 0 saturated carbocycles. The van der Waals surface area contributed by atoms with Gasteiger partial charge < -0.3 is 0 Å². The van der Waals surface area contributed by atoms with Crippen LogP contribution in [0.2, 0.25) is 0 Å². The van der Waals surface area contributed by atoms with E-state index in [0.717, 1.165) is 12.8 Å². The fraction of sp³-hybridized carbons (Fsp3) is 0.385. The quantitative estimate of drug-likeness (QED) is 0.644. The molecule has 0 atom stereocenters. The van der Waals surface area contributed by atoms with E-state index in [2.05, 4.69) is 51.1 Å². The lowest BCUT2D eigenvalue weighted by Gasteiger charge is -2.07. The van der Waals surface area contributed by atoms with Crippen LogP contribution >= 0.6 is 0 Å². The molecule has 0 heterocycles. The van der Waals surface area contributed by atoms with Crippen molar-refractivity contribution in [3.05, 3.63) is 41.5 Å². The number of hydrogen-bond acceptors (Lipinski definition) is 0. The van der Waals surface area contributed by atoms with Crippen molar-refractivity contribution >= 4 is 5.57 Å². The van der Waals surface area contributed by atoms with Crippen LogP contribution in [0.1, 0.15) is 37.8 Å². The van der Waals surface area contributed by atoms with Gasteiger partial charge in [-0.25, -0.2) is 0 Å². The topological polar surface area (TPSA) is 0 Å². The van der Waals surface area contributed by atoms with E-state index in [0.29, 0.717) is 0 Å². The summed E-state index contributed by atoms with van der Waals surface area (Å²) in [6, 6.07) is 8.59. The maximum Gasteiger partial charge on any atom is -0.0199 e. The van der Waals surface area contributed by atoms with Crippen LogP contribution in [0.3, 0.4) is 0 Å². The van der Waals surface area contributed by atoms with Crippen molar-refractivity contribution in [3.8, 4) is 0 Å². The van der Waals surface area contributed by atoms with Crippen molar-refractivity contribution in [1.82, 2.24) is 0 Å². The third kappa shape index (κ3) is 2.45. The first-order valence-electron chi connectivity index (χ1n) is 5.04. The van der Waals surface area contributed by atoms with Gasteiger partial charge in [-0.15, -0.1) is 0 Å². The molecular formula is C13H18. The molecule has 1 aromatic carbocycles. The van der Waals surface area contributed by atoms with Gasteiger partial charge in [0.05, 0.1) is 0 Å². The Balaban J connectivity index is 3.05. The second-order valence-electron chi connectivity index (χ2n) is 3.31. The second-order valence-corrected chi connectivity index (χ2v) is 3.31. The first-order chi connectivity index (χ1) is 6.29. The largest absolute Gasteiger partial charge is 0.0810 e. The summed E-state index contributed by atoms with van der Waals surface area (Å²) in [4.78, 5) is 0. The van der Waals surface area contributed by atoms with Crippen LogP contribution in [-0.4, -0.2) is 0 Å². The van der Waals surface area contributed by atoms with Gasteiger partial charge in [-0.05, 0) is 36.5 Å². The van der Waals surface area contributed by atoms with Gasteiger partial charge in [-0.3, -0.25) is 0 Å². The van der Waals surface area contributed by atoms with Crippen molar-refractivity contribution in [2.45, 2.75) is 33.6 Å². The molecule has 0 unspecified atom stereocenters. The van der Waals surface area contributed by atoms with Crippen LogP contribution in [0.25, 0.3) is 5.57 Å². The molecule has 0 bridgehead atoms. The van der Waals surface area contributed by atoms with Gasteiger partial charge in [0.25, 0.3) is 0 Å². The third-order valence-corrected chi connectivity index (χ3v) is 2.32. The summed E-state index contributed by atoms with van der Waals surface area (Å²) in [5.74, 6) is 0. The highest BCUT2D eigenvalue weighted by Crippen LogP contribution is 2.21. The Morgan fingerprint density at radius 1 is 1.23 bits per heavy atom. The van der Waals surface area contributed by atoms with E-state index in [-0.39, 0.29) is 0 Å². The maximum atomic E-state index is 2.32. The van der Waals surface area contributed by atoms with Gasteiger partial charge >= 0.3 is 0 Å². The van der Waals surface area contributed by atoms with Crippen molar-refractivity contribution in [1.29, 1.82) is 0 Å². The summed E-state index contributed by atoms with van der Waals surface area (Å²) in [7, 11) is 0. The lowest BCUT2D eigenvalue weighted by molar-refractivity contribution is 1.16. The molecule has 0 aliphatic heterocycles. The zero-order valence-corrected chi connectivity index (χ0v) is 8.80. The standard InChI is InChI=1S/C13H18/c1-4-8-12(5-2)13-10-7-6-9-11(13)3/h6-10H,4-5H2,1-3H3/b12-8-. The molecule has 13 heavy (non-hydrogen) atoms. The summed E-state index contributed by atoms with van der Waals surface area (Å²) in [5.41, 5.74) is 4.26. The summed E-state index contributed by atoms with van der Waals surface area (Å²) in [5, 5.41) is 0. The number of hydrogen-bond donors (Lipinski definition) is 0. The van der Waals surface area contributed by atoms with Crippen molar-refractivity contribution in [2.75, 3.05) is 0 Å². The highest BCUT2D eigenvalue weighted by molar-refractivity contribution is 5.67. The molecule has 0 radical (unpaired) electrons. The number of allylic oxidation sites excluding steroid dienone is 2. The molecule has 0 nitrogen and oxygen atoms in total. The van der Waals surface area contributed by atoms with Gasteiger partial charge in [0.2, 0.25) is 0 Å². The zero-order valence-electron chi connectivity index (χ0n) is 8.80. The Bertz CT molecular complexity index is 295. The van der Waals surface area contributed by atoms with Crippen LogP contribution < -0.4 is 0 Å². The maximum absolute atomic E-state index is 2.32. The Labute approximate surface area is 81.3 Å². The molecule has 0 heteroatoms. The summed E-state index contributed by atoms with van der Waals surface area (Å²) < 4.78 is 0. The molecule has 0 aromatic heterocycles. The predicted octanol–water partition coefficient (Wildman–Crippen LogP) is 4.20. The highest BCUT2D eigenvalue weighted by Gasteiger charge is 2.00. The lowest BCUT2D eigenvalue weighted by Crippen LogP contribution is -1.86. The average molecular weight is 174 g/mol. The van der Waals surface area contributed by atoms with Gasteiger partial charge in [0, 0.05) is 0 Å². The monoisotopic (exact) mass is 174 g/mol. The molecule has 0 N–H and O–H groups in total. The molecule has 0 fully saturated rings. The van der Waals surface area contributed by atoms with Crippen LogP contribution in [0.4, 0.5) is 0 Å². The first kappa shape index (κ1) is 10.0. The summed E-state index contributed by atoms with van der Waals surface area (Å²) in [6.07, 6.45) is 4.57. The van der Waals surface area contributed by atoms with Gasteiger partial charge in [-0.1, -0.05) is 44.2 Å². The van der Waals surface area contributed by atoms with Crippen molar-refractivity contribution < 1.29 is 0 Å². The molecule has 0 amide bonds. The van der Waals surface area contributed by atoms with Crippen LogP contribution in [0.5, 0.6) is 0 Å². The zero-order chi connectivity index (χ0) is 9.68. The average Bonchev–Trinajstić information content (AvgIpc) is 2.16. The minimum Gasteiger partial charge on any atom is -0.0810 e. The Kier molecular flexibility index (Phi) is 3.75. The van der Waals surface area contributed by atoms with E-state index >= 15 is 0 Å². The van der Waals surface area contributed by atoms with E-state index in [4.69, 9.17) is 0 Å². The second kappa shape index (κ2) is 4.86. The van der Waals surface area contributed by atoms with Gasteiger partial charge in [-0.2, -0.15) is 0 Å². The van der Waals surface area contributed by atoms with Crippen LogP contribution in [-0.2, 0) is 0 Å². The Hall–Kier alpha value is -1.04. The first-order valence-corrected chi connectivity index (χ1v) is 5.04. The molecule has 1 rings (SSSR count).